The highest BCUT2D eigenvalue weighted by Gasteiger charge is 2.05. The fraction of sp³-hybridized carbons (Fsp3) is 0.188. The van der Waals surface area contributed by atoms with E-state index in [9.17, 15) is 4.39 Å². The van der Waals surface area contributed by atoms with E-state index in [1.165, 1.54) is 17.2 Å². The third-order valence-electron chi connectivity index (χ3n) is 3.28. The van der Waals surface area contributed by atoms with Gasteiger partial charge < -0.3 is 5.32 Å². The first-order valence-corrected chi connectivity index (χ1v) is 6.10. The molecule has 2 nitrogen and oxygen atoms in total. The van der Waals surface area contributed by atoms with Crippen LogP contribution in [0.1, 0.15) is 22.3 Å². The standard InChI is InChI=1S/C16H15FN2/c1-11-4-3-5-14(12(11)2)10-19-16-7-6-13(9-18)8-15(16)17/h3-8,19H,10H2,1-2H3. The van der Waals surface area contributed by atoms with Gasteiger partial charge in [-0.25, -0.2) is 4.39 Å². The minimum absolute atomic E-state index is 0.329. The molecule has 19 heavy (non-hydrogen) atoms. The molecule has 0 heterocycles. The molecule has 0 aliphatic heterocycles. The van der Waals surface area contributed by atoms with Crippen molar-refractivity contribution in [3.63, 3.8) is 0 Å². The van der Waals surface area contributed by atoms with Gasteiger partial charge in [0.25, 0.3) is 0 Å². The molecule has 2 rings (SSSR count). The molecule has 0 aliphatic carbocycles. The zero-order valence-electron chi connectivity index (χ0n) is 11.0. The van der Waals surface area contributed by atoms with Crippen LogP contribution in [0.5, 0.6) is 0 Å². The van der Waals surface area contributed by atoms with E-state index in [0.29, 0.717) is 17.8 Å². The number of hydrogen-bond acceptors (Lipinski definition) is 2. The first kappa shape index (κ1) is 13.1. The number of benzene rings is 2. The average Bonchev–Trinajstić information content (AvgIpc) is 2.41. The van der Waals surface area contributed by atoms with Crippen molar-refractivity contribution >= 4 is 5.69 Å². The second-order valence-electron chi connectivity index (χ2n) is 4.52. The van der Waals surface area contributed by atoms with E-state index < -0.39 is 5.82 Å². The van der Waals surface area contributed by atoms with Crippen molar-refractivity contribution in [1.82, 2.24) is 0 Å². The minimum atomic E-state index is -0.399. The Hall–Kier alpha value is -2.34. The van der Waals surface area contributed by atoms with E-state index in [1.54, 1.807) is 12.1 Å². The van der Waals surface area contributed by atoms with Crippen molar-refractivity contribution in [3.05, 3.63) is 64.5 Å². The lowest BCUT2D eigenvalue weighted by Crippen LogP contribution is -2.04. The van der Waals surface area contributed by atoms with Crippen LogP contribution < -0.4 is 5.32 Å². The van der Waals surface area contributed by atoms with Crippen LogP contribution in [0.2, 0.25) is 0 Å². The Bertz CT molecular complexity index is 642. The molecule has 0 atom stereocenters. The SMILES string of the molecule is Cc1cccc(CNc2ccc(C#N)cc2F)c1C. The van der Waals surface area contributed by atoms with E-state index in [-0.39, 0.29) is 0 Å². The highest BCUT2D eigenvalue weighted by atomic mass is 19.1. The maximum absolute atomic E-state index is 13.7. The van der Waals surface area contributed by atoms with Crippen molar-refractivity contribution < 1.29 is 4.39 Å². The van der Waals surface area contributed by atoms with Gasteiger partial charge in [0.05, 0.1) is 17.3 Å². The molecule has 0 spiro atoms. The van der Waals surface area contributed by atoms with Gasteiger partial charge in [0.15, 0.2) is 0 Å². The molecular weight excluding hydrogens is 239 g/mol. The first-order valence-electron chi connectivity index (χ1n) is 6.10. The van der Waals surface area contributed by atoms with Gasteiger partial charge in [0, 0.05) is 6.54 Å². The number of hydrogen-bond donors (Lipinski definition) is 1. The average molecular weight is 254 g/mol. The summed E-state index contributed by atoms with van der Waals surface area (Å²) in [5.41, 5.74) is 4.32. The van der Waals surface area contributed by atoms with Crippen molar-refractivity contribution in [2.45, 2.75) is 20.4 Å². The molecule has 0 saturated carbocycles. The monoisotopic (exact) mass is 254 g/mol. The molecular formula is C16H15FN2. The summed E-state index contributed by atoms with van der Waals surface area (Å²) >= 11 is 0. The lowest BCUT2D eigenvalue weighted by molar-refractivity contribution is 0.629. The number of nitrogens with zero attached hydrogens (tertiary/aromatic N) is 1. The quantitative estimate of drug-likeness (QED) is 0.900. The summed E-state index contributed by atoms with van der Waals surface area (Å²) in [4.78, 5) is 0. The van der Waals surface area contributed by atoms with E-state index in [0.717, 1.165) is 5.56 Å². The van der Waals surface area contributed by atoms with E-state index in [2.05, 4.69) is 25.2 Å². The number of anilines is 1. The zero-order chi connectivity index (χ0) is 13.8. The van der Waals surface area contributed by atoms with Crippen molar-refractivity contribution in [2.24, 2.45) is 0 Å². The summed E-state index contributed by atoms with van der Waals surface area (Å²) in [5.74, 6) is -0.399. The Morgan fingerprint density at radius 2 is 2.00 bits per heavy atom. The summed E-state index contributed by atoms with van der Waals surface area (Å²) in [6.45, 7) is 4.68. The Morgan fingerprint density at radius 3 is 2.68 bits per heavy atom. The molecule has 2 aromatic rings. The highest BCUT2D eigenvalue weighted by molar-refractivity contribution is 5.49. The molecule has 96 valence electrons. The smallest absolute Gasteiger partial charge is 0.147 e. The molecule has 0 radical (unpaired) electrons. The van der Waals surface area contributed by atoms with Gasteiger partial charge in [-0.3, -0.25) is 0 Å². The second-order valence-corrected chi connectivity index (χ2v) is 4.52. The van der Waals surface area contributed by atoms with Crippen LogP contribution in [0, 0.1) is 31.0 Å². The molecule has 0 aliphatic rings. The molecule has 0 amide bonds. The van der Waals surface area contributed by atoms with E-state index in [1.807, 2.05) is 18.2 Å². The number of nitriles is 1. The predicted octanol–water partition coefficient (Wildman–Crippen LogP) is 3.93. The lowest BCUT2D eigenvalue weighted by atomic mass is 10.0. The van der Waals surface area contributed by atoms with Gasteiger partial charge in [0.2, 0.25) is 0 Å². The van der Waals surface area contributed by atoms with Crippen LogP contribution in [0.25, 0.3) is 0 Å². The highest BCUT2D eigenvalue weighted by Crippen LogP contribution is 2.18. The molecule has 0 saturated heterocycles. The van der Waals surface area contributed by atoms with Gasteiger partial charge in [-0.2, -0.15) is 5.26 Å². The van der Waals surface area contributed by atoms with Crippen molar-refractivity contribution in [3.8, 4) is 6.07 Å². The Balaban J connectivity index is 2.15. The molecule has 0 bridgehead atoms. The van der Waals surface area contributed by atoms with Crippen LogP contribution in [0.15, 0.2) is 36.4 Å². The van der Waals surface area contributed by atoms with Gasteiger partial charge in [-0.1, -0.05) is 18.2 Å². The molecule has 0 aromatic heterocycles. The number of nitrogens with one attached hydrogen (secondary N) is 1. The zero-order valence-corrected chi connectivity index (χ0v) is 11.0. The third kappa shape index (κ3) is 2.92. The van der Waals surface area contributed by atoms with Crippen molar-refractivity contribution in [1.29, 1.82) is 5.26 Å². The summed E-state index contributed by atoms with van der Waals surface area (Å²) in [7, 11) is 0. The van der Waals surface area contributed by atoms with Crippen LogP contribution in [-0.4, -0.2) is 0 Å². The van der Waals surface area contributed by atoms with Crippen molar-refractivity contribution in [2.75, 3.05) is 5.32 Å². The molecule has 2 aromatic carbocycles. The summed E-state index contributed by atoms with van der Waals surface area (Å²) in [5, 5.41) is 11.8. The van der Waals surface area contributed by atoms with Gasteiger partial charge in [-0.15, -0.1) is 0 Å². The maximum Gasteiger partial charge on any atom is 0.147 e. The molecule has 0 fully saturated rings. The maximum atomic E-state index is 13.7. The van der Waals surface area contributed by atoms with Gasteiger partial charge >= 0.3 is 0 Å². The lowest BCUT2D eigenvalue weighted by Gasteiger charge is -2.11. The van der Waals surface area contributed by atoms with E-state index >= 15 is 0 Å². The van der Waals surface area contributed by atoms with Gasteiger partial charge in [0.1, 0.15) is 5.82 Å². The van der Waals surface area contributed by atoms with Crippen LogP contribution in [0.3, 0.4) is 0 Å². The first-order chi connectivity index (χ1) is 9.11. The Morgan fingerprint density at radius 1 is 1.21 bits per heavy atom. The topological polar surface area (TPSA) is 35.8 Å². The normalized spacial score (nSPS) is 10.0. The summed E-state index contributed by atoms with van der Waals surface area (Å²) in [6, 6.07) is 12.4. The summed E-state index contributed by atoms with van der Waals surface area (Å²) < 4.78 is 13.7. The Labute approximate surface area is 112 Å². The van der Waals surface area contributed by atoms with Crippen LogP contribution in [0.4, 0.5) is 10.1 Å². The second kappa shape index (κ2) is 5.53. The number of halogens is 1. The third-order valence-corrected chi connectivity index (χ3v) is 3.28. The fourth-order valence-corrected chi connectivity index (χ4v) is 1.92. The number of aryl methyl sites for hydroxylation is 1. The predicted molar refractivity (Wildman–Crippen MR) is 74.4 cm³/mol. The largest absolute Gasteiger partial charge is 0.379 e. The molecule has 0 unspecified atom stereocenters. The van der Waals surface area contributed by atoms with Gasteiger partial charge in [-0.05, 0) is 48.7 Å². The minimum Gasteiger partial charge on any atom is -0.379 e. The molecule has 3 heteroatoms. The Kier molecular flexibility index (Phi) is 3.82. The number of rotatable bonds is 3. The molecule has 1 N–H and O–H groups in total. The van der Waals surface area contributed by atoms with E-state index in [4.69, 9.17) is 5.26 Å². The summed E-state index contributed by atoms with van der Waals surface area (Å²) in [6.07, 6.45) is 0. The van der Waals surface area contributed by atoms with Crippen LogP contribution in [-0.2, 0) is 6.54 Å². The fourth-order valence-electron chi connectivity index (χ4n) is 1.92. The van der Waals surface area contributed by atoms with Crippen LogP contribution >= 0.6 is 0 Å².